The Hall–Kier alpha value is -2.65. The highest BCUT2D eigenvalue weighted by atomic mass is 32.2. The van der Waals surface area contributed by atoms with Crippen molar-refractivity contribution in [1.82, 2.24) is 29.5 Å². The van der Waals surface area contributed by atoms with Crippen molar-refractivity contribution in [2.75, 3.05) is 0 Å². The van der Waals surface area contributed by atoms with E-state index in [9.17, 15) is 8.42 Å². The van der Waals surface area contributed by atoms with Crippen LogP contribution in [-0.2, 0) is 17.1 Å². The van der Waals surface area contributed by atoms with Crippen molar-refractivity contribution in [3.8, 4) is 11.4 Å². The van der Waals surface area contributed by atoms with E-state index in [1.807, 2.05) is 19.1 Å². The monoisotopic (exact) mass is 386 g/mol. The van der Waals surface area contributed by atoms with Crippen LogP contribution < -0.4 is 4.72 Å². The van der Waals surface area contributed by atoms with Gasteiger partial charge in [-0.2, -0.15) is 5.10 Å². The first-order chi connectivity index (χ1) is 12.7. The SMILES string of the molecule is Cc1nc(-c2ccncc2)ncc1[C@@H](C)NS(=O)(=O)c1c(C)nn(C)c1C. The third kappa shape index (κ3) is 3.74. The molecular weight excluding hydrogens is 364 g/mol. The van der Waals surface area contributed by atoms with Gasteiger partial charge in [0, 0.05) is 48.5 Å². The first-order valence-electron chi connectivity index (χ1n) is 8.47. The molecule has 142 valence electrons. The quantitative estimate of drug-likeness (QED) is 0.721. The van der Waals surface area contributed by atoms with Crippen LogP contribution in [-0.4, -0.2) is 33.2 Å². The van der Waals surface area contributed by atoms with Crippen LogP contribution in [0.3, 0.4) is 0 Å². The lowest BCUT2D eigenvalue weighted by Crippen LogP contribution is -2.28. The maximum atomic E-state index is 12.9. The maximum absolute atomic E-state index is 12.9. The first-order valence-corrected chi connectivity index (χ1v) is 9.95. The molecule has 3 heterocycles. The largest absolute Gasteiger partial charge is 0.271 e. The van der Waals surface area contributed by atoms with Crippen LogP contribution in [0.1, 0.15) is 35.6 Å². The predicted octanol–water partition coefficient (Wildman–Crippen LogP) is 2.24. The fourth-order valence-electron chi connectivity index (χ4n) is 3.04. The average Bonchev–Trinajstić information content (AvgIpc) is 2.87. The van der Waals surface area contributed by atoms with Crippen molar-refractivity contribution in [2.24, 2.45) is 7.05 Å². The summed E-state index contributed by atoms with van der Waals surface area (Å²) < 4.78 is 30.0. The summed E-state index contributed by atoms with van der Waals surface area (Å²) in [4.78, 5) is 13.1. The van der Waals surface area contributed by atoms with Crippen LogP contribution in [0.5, 0.6) is 0 Å². The number of pyridine rings is 1. The van der Waals surface area contributed by atoms with Gasteiger partial charge in [0.05, 0.1) is 11.4 Å². The van der Waals surface area contributed by atoms with Gasteiger partial charge in [-0.1, -0.05) is 0 Å². The lowest BCUT2D eigenvalue weighted by Gasteiger charge is -2.16. The summed E-state index contributed by atoms with van der Waals surface area (Å²) in [5, 5.41) is 4.19. The zero-order valence-electron chi connectivity index (χ0n) is 15.9. The van der Waals surface area contributed by atoms with Crippen molar-refractivity contribution in [3.63, 3.8) is 0 Å². The molecule has 0 amide bonds. The molecule has 1 N–H and O–H groups in total. The number of hydrogen-bond acceptors (Lipinski definition) is 6. The van der Waals surface area contributed by atoms with Gasteiger partial charge in [-0.3, -0.25) is 9.67 Å². The van der Waals surface area contributed by atoms with Gasteiger partial charge in [-0.15, -0.1) is 0 Å². The Kier molecular flexibility index (Phi) is 5.07. The van der Waals surface area contributed by atoms with Crippen LogP contribution >= 0.6 is 0 Å². The molecule has 0 saturated carbocycles. The molecule has 0 unspecified atom stereocenters. The van der Waals surface area contributed by atoms with E-state index in [1.165, 1.54) is 0 Å². The standard InChI is InChI=1S/C18H22N6O2S/c1-11-16(10-20-18(21-11)15-6-8-19-9-7-15)12(2)23-27(25,26)17-13(3)22-24(5)14(17)4/h6-10,12,23H,1-5H3/t12-/m1/s1. The van der Waals surface area contributed by atoms with Gasteiger partial charge in [-0.05, 0) is 39.8 Å². The Balaban J connectivity index is 1.89. The van der Waals surface area contributed by atoms with E-state index in [4.69, 9.17) is 0 Å². The predicted molar refractivity (Wildman–Crippen MR) is 101 cm³/mol. The van der Waals surface area contributed by atoms with Gasteiger partial charge in [0.25, 0.3) is 0 Å². The number of rotatable bonds is 5. The Morgan fingerprint density at radius 3 is 2.33 bits per heavy atom. The highest BCUT2D eigenvalue weighted by Gasteiger charge is 2.26. The Labute approximate surface area is 158 Å². The van der Waals surface area contributed by atoms with Gasteiger partial charge < -0.3 is 0 Å². The highest BCUT2D eigenvalue weighted by Crippen LogP contribution is 2.24. The molecule has 0 fully saturated rings. The smallest absolute Gasteiger partial charge is 0.244 e. The fraction of sp³-hybridized carbons (Fsp3) is 0.333. The van der Waals surface area contributed by atoms with Crippen molar-refractivity contribution >= 4 is 10.0 Å². The molecule has 0 aromatic carbocycles. The number of aryl methyl sites for hydroxylation is 3. The highest BCUT2D eigenvalue weighted by molar-refractivity contribution is 7.89. The second-order valence-electron chi connectivity index (χ2n) is 6.44. The van der Waals surface area contributed by atoms with Crippen LogP contribution in [0.2, 0.25) is 0 Å². The fourth-order valence-corrected chi connectivity index (χ4v) is 4.70. The van der Waals surface area contributed by atoms with E-state index in [-0.39, 0.29) is 4.90 Å². The van der Waals surface area contributed by atoms with Gasteiger partial charge in [0.15, 0.2) is 5.82 Å². The molecule has 3 rings (SSSR count). The van der Waals surface area contributed by atoms with E-state index < -0.39 is 16.1 Å². The molecule has 3 aromatic heterocycles. The summed E-state index contributed by atoms with van der Waals surface area (Å²) in [5.41, 5.74) is 3.35. The molecule has 0 bridgehead atoms. The minimum Gasteiger partial charge on any atom is -0.271 e. The zero-order chi connectivity index (χ0) is 19.8. The Bertz CT molecular complexity index is 1080. The van der Waals surface area contributed by atoms with E-state index >= 15 is 0 Å². The van der Waals surface area contributed by atoms with Crippen LogP contribution in [0.15, 0.2) is 35.6 Å². The van der Waals surface area contributed by atoms with Gasteiger partial charge in [0.2, 0.25) is 10.0 Å². The van der Waals surface area contributed by atoms with Crippen molar-refractivity contribution < 1.29 is 8.42 Å². The van der Waals surface area contributed by atoms with E-state index in [0.29, 0.717) is 22.9 Å². The van der Waals surface area contributed by atoms with Crippen LogP contribution in [0, 0.1) is 20.8 Å². The summed E-state index contributed by atoms with van der Waals surface area (Å²) in [6.07, 6.45) is 5.02. The molecular formula is C18H22N6O2S. The second kappa shape index (κ2) is 7.16. The first kappa shape index (κ1) is 19.1. The molecule has 0 aliphatic carbocycles. The summed E-state index contributed by atoms with van der Waals surface area (Å²) in [7, 11) is -2.00. The molecule has 8 nitrogen and oxygen atoms in total. The minimum atomic E-state index is -3.72. The van der Waals surface area contributed by atoms with Crippen molar-refractivity contribution in [1.29, 1.82) is 0 Å². The topological polar surface area (TPSA) is 103 Å². The lowest BCUT2D eigenvalue weighted by molar-refractivity contribution is 0.564. The Morgan fingerprint density at radius 1 is 1.11 bits per heavy atom. The van der Waals surface area contributed by atoms with Crippen LogP contribution in [0.4, 0.5) is 0 Å². The van der Waals surface area contributed by atoms with E-state index in [0.717, 1.165) is 11.1 Å². The zero-order valence-corrected chi connectivity index (χ0v) is 16.7. The molecule has 27 heavy (non-hydrogen) atoms. The van der Waals surface area contributed by atoms with Crippen molar-refractivity contribution in [3.05, 3.63) is 53.4 Å². The lowest BCUT2D eigenvalue weighted by atomic mass is 10.1. The third-order valence-electron chi connectivity index (χ3n) is 4.47. The summed E-state index contributed by atoms with van der Waals surface area (Å²) in [6, 6.07) is 3.17. The summed E-state index contributed by atoms with van der Waals surface area (Å²) in [5.74, 6) is 0.577. The summed E-state index contributed by atoms with van der Waals surface area (Å²) in [6.45, 7) is 7.03. The summed E-state index contributed by atoms with van der Waals surface area (Å²) >= 11 is 0. The number of hydrogen-bond donors (Lipinski definition) is 1. The second-order valence-corrected chi connectivity index (χ2v) is 8.09. The normalized spacial score (nSPS) is 12.9. The molecule has 1 atom stereocenters. The average molecular weight is 386 g/mol. The number of nitrogens with zero attached hydrogens (tertiary/aromatic N) is 5. The number of sulfonamides is 1. The number of nitrogens with one attached hydrogen (secondary N) is 1. The van der Waals surface area contributed by atoms with Gasteiger partial charge in [-0.25, -0.2) is 23.1 Å². The Morgan fingerprint density at radius 2 is 1.78 bits per heavy atom. The molecule has 9 heteroatoms. The van der Waals surface area contributed by atoms with Gasteiger partial charge >= 0.3 is 0 Å². The number of aromatic nitrogens is 5. The molecule has 3 aromatic rings. The molecule has 0 spiro atoms. The minimum absolute atomic E-state index is 0.212. The van der Waals surface area contributed by atoms with Gasteiger partial charge in [0.1, 0.15) is 4.90 Å². The van der Waals surface area contributed by atoms with E-state index in [2.05, 4.69) is 24.8 Å². The van der Waals surface area contributed by atoms with E-state index in [1.54, 1.807) is 51.1 Å². The van der Waals surface area contributed by atoms with Crippen molar-refractivity contribution in [2.45, 2.75) is 38.6 Å². The molecule has 0 aliphatic heterocycles. The third-order valence-corrected chi connectivity index (χ3v) is 6.26. The molecule has 0 radical (unpaired) electrons. The molecule has 0 aliphatic rings. The maximum Gasteiger partial charge on any atom is 0.244 e. The van der Waals surface area contributed by atoms with Crippen LogP contribution in [0.25, 0.3) is 11.4 Å². The molecule has 0 saturated heterocycles.